The lowest BCUT2D eigenvalue weighted by Gasteiger charge is -2.34. The Morgan fingerprint density at radius 1 is 0.710 bits per heavy atom. The number of halogens is 10. The van der Waals surface area contributed by atoms with Gasteiger partial charge >= 0.3 is 5.92 Å². The van der Waals surface area contributed by atoms with Gasteiger partial charge in [-0.3, -0.25) is 0 Å². The Labute approximate surface area is 174 Å². The van der Waals surface area contributed by atoms with Crippen LogP contribution in [-0.2, 0) is 10.1 Å². The highest BCUT2D eigenvalue weighted by Gasteiger charge is 2.58. The predicted octanol–water partition coefficient (Wildman–Crippen LogP) is 4.30. The normalized spacial score (nSPS) is 19.1. The molecule has 0 spiro atoms. The van der Waals surface area contributed by atoms with Gasteiger partial charge in [-0.1, -0.05) is 0 Å². The van der Waals surface area contributed by atoms with Crippen molar-refractivity contribution >= 4 is 10.1 Å². The number of quaternary nitrogens is 1. The summed E-state index contributed by atoms with van der Waals surface area (Å²) in [6.07, 6.45) is -25.7. The first-order valence-corrected chi connectivity index (χ1v) is 10.7. The van der Waals surface area contributed by atoms with Crippen molar-refractivity contribution in [1.29, 1.82) is 0 Å². The van der Waals surface area contributed by atoms with Gasteiger partial charge in [-0.15, -0.1) is 0 Å². The minimum atomic E-state index is -6.50. The number of rotatable bonds is 12. The largest absolute Gasteiger partial charge is 0.746 e. The maximum absolute atomic E-state index is 13.0. The molecule has 0 aromatic heterocycles. The Kier molecular flexibility index (Phi) is 13.6. The molecule has 0 aromatic carbocycles. The van der Waals surface area contributed by atoms with E-state index in [1.54, 1.807) is 0 Å². The second-order valence-electron chi connectivity index (χ2n) is 6.60. The van der Waals surface area contributed by atoms with Crippen LogP contribution in [0.25, 0.3) is 0 Å². The molecule has 0 aromatic rings. The van der Waals surface area contributed by atoms with Crippen LogP contribution in [0.1, 0.15) is 27.7 Å². The summed E-state index contributed by atoms with van der Waals surface area (Å²) in [6.45, 7) is 14.2. The Morgan fingerprint density at radius 2 is 1.03 bits per heavy atom. The van der Waals surface area contributed by atoms with Crippen molar-refractivity contribution in [2.24, 2.45) is 0 Å². The lowest BCUT2D eigenvalue weighted by atomic mass is 10.0. The Morgan fingerprint density at radius 3 is 1.26 bits per heavy atom. The molecular formula is C16H27F10NO3S. The topological polar surface area (TPSA) is 57.2 Å². The summed E-state index contributed by atoms with van der Waals surface area (Å²) in [6, 6.07) is 0. The Bertz CT molecular complexity index is 589. The van der Waals surface area contributed by atoms with Crippen molar-refractivity contribution < 1.29 is 61.4 Å². The first-order chi connectivity index (χ1) is 13.9. The highest BCUT2D eigenvalue weighted by molar-refractivity contribution is 7.86. The molecule has 0 aliphatic rings. The number of hydrogen-bond donors (Lipinski definition) is 0. The molecule has 4 nitrogen and oxygen atoms in total. The van der Waals surface area contributed by atoms with Crippen LogP contribution < -0.4 is 0 Å². The van der Waals surface area contributed by atoms with E-state index in [9.17, 15) is 56.9 Å². The maximum atomic E-state index is 13.0. The summed E-state index contributed by atoms with van der Waals surface area (Å²) >= 11 is 0. The predicted molar refractivity (Wildman–Crippen MR) is 92.4 cm³/mol. The first kappa shape index (κ1) is 32.4. The maximum Gasteiger partial charge on any atom is 0.325 e. The van der Waals surface area contributed by atoms with Crippen LogP contribution in [0.5, 0.6) is 0 Å². The third-order valence-electron chi connectivity index (χ3n) is 5.04. The van der Waals surface area contributed by atoms with E-state index in [0.717, 1.165) is 0 Å². The van der Waals surface area contributed by atoms with Crippen molar-refractivity contribution in [2.45, 2.75) is 76.4 Å². The second kappa shape index (κ2) is 13.0. The summed E-state index contributed by atoms with van der Waals surface area (Å²) in [5, 5.41) is 0. The van der Waals surface area contributed by atoms with E-state index in [0.29, 0.717) is 0 Å². The summed E-state index contributed by atoms with van der Waals surface area (Å²) in [5.41, 5.74) is -4.85. The van der Waals surface area contributed by atoms with Gasteiger partial charge in [0, 0.05) is 0 Å². The van der Waals surface area contributed by atoms with Gasteiger partial charge in [0.15, 0.2) is 24.7 Å². The van der Waals surface area contributed by atoms with E-state index in [2.05, 4.69) is 27.7 Å². The van der Waals surface area contributed by atoms with Crippen molar-refractivity contribution in [1.82, 2.24) is 0 Å². The molecule has 6 atom stereocenters. The van der Waals surface area contributed by atoms with Gasteiger partial charge in [-0.05, 0) is 27.7 Å². The molecule has 0 amide bonds. The fourth-order valence-corrected chi connectivity index (χ4v) is 3.04. The smallest absolute Gasteiger partial charge is 0.325 e. The molecule has 31 heavy (non-hydrogen) atoms. The zero-order chi connectivity index (χ0) is 25.4. The third kappa shape index (κ3) is 8.91. The SMILES string of the molecule is CC[N+](CC)(CC)CC.O=S(=O)([O-])C(F)C(F)(F)C(F)C(F)C(F)C(F)C(F)C(F)F. The average Bonchev–Trinajstić information content (AvgIpc) is 2.72. The zero-order valence-electron chi connectivity index (χ0n) is 17.2. The number of alkyl halides is 10. The van der Waals surface area contributed by atoms with E-state index in [1.807, 2.05) is 0 Å². The molecule has 0 bridgehead atoms. The molecule has 0 aliphatic heterocycles. The molecule has 0 rings (SSSR count). The van der Waals surface area contributed by atoms with Crippen LogP contribution in [0.3, 0.4) is 0 Å². The minimum Gasteiger partial charge on any atom is -0.746 e. The lowest BCUT2D eigenvalue weighted by Crippen LogP contribution is -2.52. The Balaban J connectivity index is 0. The molecule has 0 radical (unpaired) electrons. The standard InChI is InChI=1S/C8H8F10O3S.C8H20N/c9-1(2(10)4(12)6(14)15)3(11)5(13)8(17,18)7(16)22(19,20)21;1-5-9(6-2,7-3)8-4/h1-7H,(H,19,20,21);5-8H2,1-4H3/q;+1/p-1. The van der Waals surface area contributed by atoms with Crippen LogP contribution in [-0.4, -0.2) is 92.3 Å². The van der Waals surface area contributed by atoms with Crippen molar-refractivity contribution in [3.8, 4) is 0 Å². The summed E-state index contributed by atoms with van der Waals surface area (Å²) in [4.78, 5) is 0. The van der Waals surface area contributed by atoms with Gasteiger partial charge < -0.3 is 9.04 Å². The van der Waals surface area contributed by atoms with Gasteiger partial charge in [-0.25, -0.2) is 43.5 Å². The number of nitrogens with zero attached hydrogens (tertiary/aromatic N) is 1. The molecule has 0 saturated carbocycles. The summed E-state index contributed by atoms with van der Waals surface area (Å²) < 4.78 is 157. The van der Waals surface area contributed by atoms with Crippen LogP contribution in [0, 0.1) is 0 Å². The number of hydrogen-bond acceptors (Lipinski definition) is 3. The fraction of sp³-hybridized carbons (Fsp3) is 1.00. The molecule has 15 heteroatoms. The van der Waals surface area contributed by atoms with Crippen molar-refractivity contribution in [2.75, 3.05) is 26.2 Å². The highest BCUT2D eigenvalue weighted by Crippen LogP contribution is 2.36. The molecule has 0 fully saturated rings. The van der Waals surface area contributed by atoms with Crippen LogP contribution in [0.4, 0.5) is 43.9 Å². The minimum absolute atomic E-state index is 1.28. The molecule has 0 saturated heterocycles. The van der Waals surface area contributed by atoms with E-state index in [4.69, 9.17) is 0 Å². The van der Waals surface area contributed by atoms with Crippen LogP contribution in [0.2, 0.25) is 0 Å². The van der Waals surface area contributed by atoms with E-state index in [1.165, 1.54) is 30.7 Å². The highest BCUT2D eigenvalue weighted by atomic mass is 32.2. The second-order valence-corrected chi connectivity index (χ2v) is 8.00. The van der Waals surface area contributed by atoms with Gasteiger partial charge in [0.1, 0.15) is 10.1 Å². The van der Waals surface area contributed by atoms with E-state index < -0.39 is 58.8 Å². The van der Waals surface area contributed by atoms with E-state index in [-0.39, 0.29) is 0 Å². The zero-order valence-corrected chi connectivity index (χ0v) is 18.0. The molecule has 0 heterocycles. The monoisotopic (exact) mass is 503 g/mol. The van der Waals surface area contributed by atoms with Crippen LogP contribution in [0.15, 0.2) is 0 Å². The molecule has 6 unspecified atom stereocenters. The summed E-state index contributed by atoms with van der Waals surface area (Å²) in [5.74, 6) is -5.96. The van der Waals surface area contributed by atoms with Crippen molar-refractivity contribution in [3.63, 3.8) is 0 Å². The van der Waals surface area contributed by atoms with Gasteiger partial charge in [0.25, 0.3) is 11.9 Å². The Hall–Kier alpha value is -0.830. The van der Waals surface area contributed by atoms with Gasteiger partial charge in [0.05, 0.1) is 26.2 Å². The van der Waals surface area contributed by atoms with Crippen LogP contribution >= 0.6 is 0 Å². The molecule has 190 valence electrons. The first-order valence-electron chi connectivity index (χ1n) is 9.20. The quantitative estimate of drug-likeness (QED) is 0.227. The van der Waals surface area contributed by atoms with Crippen molar-refractivity contribution in [3.05, 3.63) is 0 Å². The molecule has 0 N–H and O–H groups in total. The summed E-state index contributed by atoms with van der Waals surface area (Å²) in [7, 11) is -6.50. The molecule has 0 aliphatic carbocycles. The average molecular weight is 503 g/mol. The molecular weight excluding hydrogens is 476 g/mol. The lowest BCUT2D eigenvalue weighted by molar-refractivity contribution is -0.921. The fourth-order valence-electron chi connectivity index (χ4n) is 2.52. The third-order valence-corrected chi connectivity index (χ3v) is 5.86. The van der Waals surface area contributed by atoms with E-state index >= 15 is 0 Å². The van der Waals surface area contributed by atoms with Gasteiger partial charge in [0.2, 0.25) is 6.17 Å². The van der Waals surface area contributed by atoms with Gasteiger partial charge in [-0.2, -0.15) is 8.78 Å².